The zero-order valence-corrected chi connectivity index (χ0v) is 20.5. The van der Waals surface area contributed by atoms with Crippen molar-refractivity contribution in [2.45, 2.75) is 45.2 Å². The zero-order valence-electron chi connectivity index (χ0n) is 19.7. The number of hydrogen-bond acceptors (Lipinski definition) is 5. The fourth-order valence-corrected chi connectivity index (χ4v) is 5.42. The van der Waals surface area contributed by atoms with Crippen LogP contribution in [0, 0.1) is 13.8 Å². The molecule has 0 unspecified atom stereocenters. The molecule has 5 nitrogen and oxygen atoms in total. The van der Waals surface area contributed by atoms with E-state index in [0.29, 0.717) is 30.3 Å². The first-order chi connectivity index (χ1) is 15.5. The second-order valence-electron chi connectivity index (χ2n) is 8.85. The quantitative estimate of drug-likeness (QED) is 0.518. The van der Waals surface area contributed by atoms with E-state index < -0.39 is 0 Å². The van der Waals surface area contributed by atoms with Gasteiger partial charge in [-0.05, 0) is 68.0 Å². The predicted molar refractivity (Wildman–Crippen MR) is 131 cm³/mol. The molecular formula is C26H35ClN2O3. The van der Waals surface area contributed by atoms with Crippen LogP contribution < -0.4 is 14.4 Å². The molecule has 0 aromatic heterocycles. The Labute approximate surface area is 197 Å². The number of fused-ring (bicyclic) bond motifs is 1. The Morgan fingerprint density at radius 1 is 0.969 bits per heavy atom. The van der Waals surface area contributed by atoms with Gasteiger partial charge in [0.2, 0.25) is 0 Å². The summed E-state index contributed by atoms with van der Waals surface area (Å²) < 4.78 is 16.5. The first-order valence-corrected chi connectivity index (χ1v) is 12.0. The Morgan fingerprint density at radius 2 is 1.81 bits per heavy atom. The van der Waals surface area contributed by atoms with Gasteiger partial charge in [0.25, 0.3) is 0 Å². The molecule has 0 amide bonds. The molecule has 2 aliphatic rings. The smallest absolute Gasteiger partial charge is 0.140 e. The lowest BCUT2D eigenvalue weighted by atomic mass is 9.86. The van der Waals surface area contributed by atoms with Crippen LogP contribution in [0.1, 0.15) is 42.0 Å². The lowest BCUT2D eigenvalue weighted by Gasteiger charge is -2.49. The third kappa shape index (κ3) is 4.70. The first kappa shape index (κ1) is 23.2. The molecule has 4 rings (SSSR count). The molecule has 0 spiro atoms. The summed E-state index contributed by atoms with van der Waals surface area (Å²) >= 11 is 6.36. The van der Waals surface area contributed by atoms with Gasteiger partial charge in [0, 0.05) is 50.6 Å². The number of rotatable bonds is 7. The highest BCUT2D eigenvalue weighted by Crippen LogP contribution is 2.40. The summed E-state index contributed by atoms with van der Waals surface area (Å²) in [6, 6.07) is 11.6. The van der Waals surface area contributed by atoms with E-state index in [-0.39, 0.29) is 0 Å². The third-order valence-electron chi connectivity index (χ3n) is 7.13. The Kier molecular flexibility index (Phi) is 7.49. The summed E-state index contributed by atoms with van der Waals surface area (Å²) in [6.45, 7) is 8.55. The number of piperazine rings is 1. The second kappa shape index (κ2) is 10.3. The van der Waals surface area contributed by atoms with E-state index in [1.807, 2.05) is 6.07 Å². The SMILES string of the molecule is COCCOc1cc(N2CCN3[C@@H](CCC[C@@H]3c3ccc(OC)c(C)c3C)C2)ccc1Cl. The Morgan fingerprint density at radius 3 is 2.59 bits per heavy atom. The lowest BCUT2D eigenvalue weighted by Crippen LogP contribution is -2.56. The summed E-state index contributed by atoms with van der Waals surface area (Å²) in [5.74, 6) is 1.71. The van der Waals surface area contributed by atoms with Crippen molar-refractivity contribution in [3.05, 3.63) is 52.0 Å². The molecule has 2 aliphatic heterocycles. The van der Waals surface area contributed by atoms with Gasteiger partial charge >= 0.3 is 0 Å². The van der Waals surface area contributed by atoms with E-state index in [0.717, 1.165) is 31.1 Å². The fraction of sp³-hybridized carbons (Fsp3) is 0.538. The number of anilines is 1. The number of halogens is 1. The van der Waals surface area contributed by atoms with Crippen molar-refractivity contribution in [2.75, 3.05) is 52.0 Å². The van der Waals surface area contributed by atoms with E-state index in [9.17, 15) is 0 Å². The summed E-state index contributed by atoms with van der Waals surface area (Å²) in [5, 5.41) is 0.645. The Hall–Kier alpha value is -1.95. The van der Waals surface area contributed by atoms with Gasteiger partial charge in [-0.15, -0.1) is 0 Å². The maximum absolute atomic E-state index is 6.36. The van der Waals surface area contributed by atoms with Crippen LogP contribution in [-0.4, -0.2) is 58.0 Å². The number of ether oxygens (including phenoxy) is 3. The number of piperidine rings is 1. The molecule has 2 aromatic carbocycles. The van der Waals surface area contributed by atoms with E-state index in [1.54, 1.807) is 14.2 Å². The van der Waals surface area contributed by atoms with Crippen LogP contribution in [0.15, 0.2) is 30.3 Å². The molecule has 2 aromatic rings. The highest BCUT2D eigenvalue weighted by atomic mass is 35.5. The highest BCUT2D eigenvalue weighted by Gasteiger charge is 2.36. The van der Waals surface area contributed by atoms with Crippen molar-refractivity contribution < 1.29 is 14.2 Å². The average Bonchev–Trinajstić information content (AvgIpc) is 2.81. The molecule has 2 saturated heterocycles. The van der Waals surface area contributed by atoms with Gasteiger partial charge in [-0.2, -0.15) is 0 Å². The van der Waals surface area contributed by atoms with E-state index in [2.05, 4.69) is 47.9 Å². The standard InChI is InChI=1S/C26H35ClN2O3/c1-18-19(2)25(31-4)11-9-22(18)24-7-5-6-21-17-28(12-13-29(21)24)20-8-10-23(27)26(16-20)32-15-14-30-3/h8-11,16,21,24H,5-7,12-15,17H2,1-4H3/t21-,24+/m0/s1. The molecular weight excluding hydrogens is 424 g/mol. The maximum Gasteiger partial charge on any atom is 0.140 e. The van der Waals surface area contributed by atoms with Gasteiger partial charge in [-0.3, -0.25) is 4.90 Å². The second-order valence-corrected chi connectivity index (χ2v) is 9.25. The molecule has 2 heterocycles. The van der Waals surface area contributed by atoms with Gasteiger partial charge in [0.15, 0.2) is 0 Å². The van der Waals surface area contributed by atoms with E-state index in [4.69, 9.17) is 25.8 Å². The van der Waals surface area contributed by atoms with Crippen LogP contribution in [0.2, 0.25) is 5.02 Å². The number of hydrogen-bond donors (Lipinski definition) is 0. The van der Waals surface area contributed by atoms with Gasteiger partial charge in [-0.25, -0.2) is 0 Å². The Balaban J connectivity index is 1.50. The van der Waals surface area contributed by atoms with Crippen LogP contribution in [0.4, 0.5) is 5.69 Å². The van der Waals surface area contributed by atoms with E-state index in [1.165, 1.54) is 41.6 Å². The largest absolute Gasteiger partial charge is 0.496 e. The molecule has 6 heteroatoms. The fourth-order valence-electron chi connectivity index (χ4n) is 5.25. The molecule has 0 saturated carbocycles. The van der Waals surface area contributed by atoms with Crippen LogP contribution >= 0.6 is 11.6 Å². The van der Waals surface area contributed by atoms with E-state index >= 15 is 0 Å². The molecule has 0 aliphatic carbocycles. The van der Waals surface area contributed by atoms with Gasteiger partial charge in [0.05, 0.1) is 18.7 Å². The highest BCUT2D eigenvalue weighted by molar-refractivity contribution is 6.32. The predicted octanol–water partition coefficient (Wildman–Crippen LogP) is 5.41. The van der Waals surface area contributed by atoms with Crippen LogP contribution in [0.5, 0.6) is 11.5 Å². The van der Waals surface area contributed by atoms with Crippen molar-refractivity contribution in [3.8, 4) is 11.5 Å². The molecule has 0 N–H and O–H groups in total. The minimum absolute atomic E-state index is 0.485. The summed E-state index contributed by atoms with van der Waals surface area (Å²) in [4.78, 5) is 5.22. The molecule has 32 heavy (non-hydrogen) atoms. The Bertz CT molecular complexity index is 936. The van der Waals surface area contributed by atoms with Crippen molar-refractivity contribution in [1.29, 1.82) is 0 Å². The number of benzene rings is 2. The van der Waals surface area contributed by atoms with Crippen LogP contribution in [-0.2, 0) is 4.74 Å². The summed E-state index contributed by atoms with van der Waals surface area (Å²) in [5.41, 5.74) is 5.27. The van der Waals surface area contributed by atoms with Crippen molar-refractivity contribution in [2.24, 2.45) is 0 Å². The summed E-state index contributed by atoms with van der Waals surface area (Å²) in [7, 11) is 3.43. The van der Waals surface area contributed by atoms with Gasteiger partial charge in [-0.1, -0.05) is 17.7 Å². The lowest BCUT2D eigenvalue weighted by molar-refractivity contribution is 0.0712. The van der Waals surface area contributed by atoms with Crippen molar-refractivity contribution in [3.63, 3.8) is 0 Å². The van der Waals surface area contributed by atoms with Crippen LogP contribution in [0.3, 0.4) is 0 Å². The van der Waals surface area contributed by atoms with Crippen molar-refractivity contribution in [1.82, 2.24) is 4.90 Å². The first-order valence-electron chi connectivity index (χ1n) is 11.6. The number of methoxy groups -OCH3 is 2. The average molecular weight is 459 g/mol. The minimum Gasteiger partial charge on any atom is -0.496 e. The molecule has 2 atom stereocenters. The molecule has 2 fully saturated rings. The topological polar surface area (TPSA) is 34.2 Å². The molecule has 0 bridgehead atoms. The molecule has 0 radical (unpaired) electrons. The van der Waals surface area contributed by atoms with Crippen molar-refractivity contribution >= 4 is 17.3 Å². The number of nitrogens with zero attached hydrogens (tertiary/aromatic N) is 2. The zero-order chi connectivity index (χ0) is 22.7. The van der Waals surface area contributed by atoms with Gasteiger partial charge in [0.1, 0.15) is 18.1 Å². The normalized spacial score (nSPS) is 21.3. The summed E-state index contributed by atoms with van der Waals surface area (Å²) in [6.07, 6.45) is 3.73. The molecule has 174 valence electrons. The third-order valence-corrected chi connectivity index (χ3v) is 7.44. The minimum atomic E-state index is 0.485. The maximum atomic E-state index is 6.36. The van der Waals surface area contributed by atoms with Crippen LogP contribution in [0.25, 0.3) is 0 Å². The van der Waals surface area contributed by atoms with Gasteiger partial charge < -0.3 is 19.1 Å². The monoisotopic (exact) mass is 458 g/mol.